The Morgan fingerprint density at radius 2 is 2.31 bits per heavy atom. The van der Waals surface area contributed by atoms with Gasteiger partial charge in [-0.3, -0.25) is 0 Å². The van der Waals surface area contributed by atoms with Crippen LogP contribution in [0.3, 0.4) is 0 Å². The molecule has 1 rings (SSSR count). The summed E-state index contributed by atoms with van der Waals surface area (Å²) in [5.41, 5.74) is 2.73. The molecule has 1 heteroatoms. The molecule has 1 atom stereocenters. The van der Waals surface area contributed by atoms with Gasteiger partial charge in [0.2, 0.25) is 0 Å². The van der Waals surface area contributed by atoms with E-state index in [1.807, 2.05) is 6.92 Å². The van der Waals surface area contributed by atoms with Crippen molar-refractivity contribution in [3.8, 4) is 0 Å². The highest BCUT2D eigenvalue weighted by atomic mass is 16.5. The fraction of sp³-hybridized carbons (Fsp3) is 0.667. The van der Waals surface area contributed by atoms with Gasteiger partial charge in [0.1, 0.15) is 0 Å². The molecular weight excluding hydrogens is 160 g/mol. The first-order chi connectivity index (χ1) is 6.15. The van der Waals surface area contributed by atoms with E-state index in [0.717, 1.165) is 13.0 Å². The van der Waals surface area contributed by atoms with E-state index >= 15 is 0 Å². The molecule has 0 radical (unpaired) electrons. The van der Waals surface area contributed by atoms with Gasteiger partial charge in [0, 0.05) is 6.42 Å². The maximum atomic E-state index is 5.61. The monoisotopic (exact) mass is 180 g/mol. The van der Waals surface area contributed by atoms with Gasteiger partial charge in [0.25, 0.3) is 0 Å². The molecule has 1 aliphatic carbocycles. The van der Waals surface area contributed by atoms with Crippen LogP contribution in [-0.2, 0) is 4.74 Å². The summed E-state index contributed by atoms with van der Waals surface area (Å²) < 4.78 is 5.61. The Bertz CT molecular complexity index is 225. The fourth-order valence-electron chi connectivity index (χ4n) is 1.81. The van der Waals surface area contributed by atoms with E-state index in [4.69, 9.17) is 4.74 Å². The molecular formula is C12H20O. The van der Waals surface area contributed by atoms with Gasteiger partial charge in [0.05, 0.1) is 12.4 Å². The first kappa shape index (κ1) is 10.4. The van der Waals surface area contributed by atoms with Gasteiger partial charge in [-0.2, -0.15) is 0 Å². The summed E-state index contributed by atoms with van der Waals surface area (Å²) in [7, 11) is 0. The molecule has 0 aromatic heterocycles. The van der Waals surface area contributed by atoms with Crippen molar-refractivity contribution in [1.82, 2.24) is 0 Å². The van der Waals surface area contributed by atoms with Crippen molar-refractivity contribution in [1.29, 1.82) is 0 Å². The van der Waals surface area contributed by atoms with Crippen LogP contribution in [0.1, 0.15) is 40.0 Å². The molecule has 0 aromatic rings. The van der Waals surface area contributed by atoms with Crippen LogP contribution in [0.2, 0.25) is 0 Å². The van der Waals surface area contributed by atoms with E-state index in [-0.39, 0.29) is 0 Å². The van der Waals surface area contributed by atoms with Crippen LogP contribution in [0.15, 0.2) is 23.5 Å². The predicted octanol–water partition coefficient (Wildman–Crippen LogP) is 3.67. The molecule has 0 fully saturated rings. The average molecular weight is 180 g/mol. The first-order valence-electron chi connectivity index (χ1n) is 5.12. The SMILES string of the molecule is C=C(C)[C@@H]1CCC(C)=C(OCC)C1. The summed E-state index contributed by atoms with van der Waals surface area (Å²) in [4.78, 5) is 0. The quantitative estimate of drug-likeness (QED) is 0.602. The highest BCUT2D eigenvalue weighted by molar-refractivity contribution is 5.15. The van der Waals surface area contributed by atoms with Gasteiger partial charge in [-0.1, -0.05) is 12.2 Å². The summed E-state index contributed by atoms with van der Waals surface area (Å²) in [6.45, 7) is 11.2. The molecule has 1 aliphatic rings. The lowest BCUT2D eigenvalue weighted by molar-refractivity contribution is 0.196. The Kier molecular flexibility index (Phi) is 3.58. The lowest BCUT2D eigenvalue weighted by atomic mass is 9.85. The Balaban J connectivity index is 2.64. The van der Waals surface area contributed by atoms with E-state index in [9.17, 15) is 0 Å². The highest BCUT2D eigenvalue weighted by Crippen LogP contribution is 2.33. The molecule has 0 heterocycles. The van der Waals surface area contributed by atoms with Crippen LogP contribution in [0, 0.1) is 5.92 Å². The second-order valence-corrected chi connectivity index (χ2v) is 3.92. The number of allylic oxidation sites excluding steroid dienone is 3. The van der Waals surface area contributed by atoms with Crippen molar-refractivity contribution in [2.45, 2.75) is 40.0 Å². The zero-order valence-corrected chi connectivity index (χ0v) is 9.02. The molecule has 1 nitrogen and oxygen atoms in total. The van der Waals surface area contributed by atoms with Gasteiger partial charge in [-0.25, -0.2) is 0 Å². The van der Waals surface area contributed by atoms with Gasteiger partial charge < -0.3 is 4.74 Å². The Morgan fingerprint density at radius 3 is 2.85 bits per heavy atom. The van der Waals surface area contributed by atoms with Crippen molar-refractivity contribution in [3.05, 3.63) is 23.5 Å². The van der Waals surface area contributed by atoms with Gasteiger partial charge >= 0.3 is 0 Å². The molecule has 13 heavy (non-hydrogen) atoms. The maximum Gasteiger partial charge on any atom is 0.0954 e. The van der Waals surface area contributed by atoms with E-state index in [1.165, 1.54) is 29.7 Å². The van der Waals surface area contributed by atoms with Crippen LogP contribution >= 0.6 is 0 Å². The summed E-state index contributed by atoms with van der Waals surface area (Å²) in [5, 5.41) is 0. The molecule has 0 saturated carbocycles. The van der Waals surface area contributed by atoms with Crippen LogP contribution < -0.4 is 0 Å². The zero-order valence-electron chi connectivity index (χ0n) is 9.02. The average Bonchev–Trinajstić information content (AvgIpc) is 2.08. The second-order valence-electron chi connectivity index (χ2n) is 3.92. The van der Waals surface area contributed by atoms with Crippen molar-refractivity contribution in [2.75, 3.05) is 6.61 Å². The Hall–Kier alpha value is -0.720. The number of hydrogen-bond acceptors (Lipinski definition) is 1. The number of ether oxygens (including phenoxy) is 1. The smallest absolute Gasteiger partial charge is 0.0954 e. The number of hydrogen-bond donors (Lipinski definition) is 0. The molecule has 0 bridgehead atoms. The molecule has 0 saturated heterocycles. The first-order valence-corrected chi connectivity index (χ1v) is 5.12. The summed E-state index contributed by atoms with van der Waals surface area (Å²) in [5.74, 6) is 1.85. The maximum absolute atomic E-state index is 5.61. The fourth-order valence-corrected chi connectivity index (χ4v) is 1.81. The lowest BCUT2D eigenvalue weighted by Gasteiger charge is -2.25. The van der Waals surface area contributed by atoms with Crippen molar-refractivity contribution in [3.63, 3.8) is 0 Å². The van der Waals surface area contributed by atoms with Crippen LogP contribution in [0.5, 0.6) is 0 Å². The van der Waals surface area contributed by atoms with E-state index < -0.39 is 0 Å². The zero-order chi connectivity index (χ0) is 9.84. The molecule has 74 valence electrons. The van der Waals surface area contributed by atoms with Crippen LogP contribution in [-0.4, -0.2) is 6.61 Å². The predicted molar refractivity (Wildman–Crippen MR) is 56.5 cm³/mol. The second kappa shape index (κ2) is 4.50. The van der Waals surface area contributed by atoms with Crippen molar-refractivity contribution in [2.24, 2.45) is 5.92 Å². The van der Waals surface area contributed by atoms with Gasteiger partial charge in [-0.05, 0) is 45.1 Å². The highest BCUT2D eigenvalue weighted by Gasteiger charge is 2.19. The van der Waals surface area contributed by atoms with E-state index in [0.29, 0.717) is 5.92 Å². The van der Waals surface area contributed by atoms with Crippen molar-refractivity contribution < 1.29 is 4.74 Å². The minimum Gasteiger partial charge on any atom is -0.498 e. The molecule has 0 unspecified atom stereocenters. The third kappa shape index (κ3) is 2.61. The third-order valence-corrected chi connectivity index (χ3v) is 2.79. The minimum atomic E-state index is 0.644. The molecule has 0 spiro atoms. The normalized spacial score (nSPS) is 23.2. The topological polar surface area (TPSA) is 9.23 Å². The lowest BCUT2D eigenvalue weighted by Crippen LogP contribution is -2.12. The standard InChI is InChI=1S/C12H20O/c1-5-13-12-8-11(9(2)3)7-6-10(12)4/h11H,2,5-8H2,1,3-4H3/t11-/m1/s1. The summed E-state index contributed by atoms with van der Waals surface area (Å²) >= 11 is 0. The molecule has 0 aliphatic heterocycles. The molecule has 0 aromatic carbocycles. The van der Waals surface area contributed by atoms with Crippen LogP contribution in [0.4, 0.5) is 0 Å². The Morgan fingerprint density at radius 1 is 1.62 bits per heavy atom. The largest absolute Gasteiger partial charge is 0.498 e. The third-order valence-electron chi connectivity index (χ3n) is 2.79. The van der Waals surface area contributed by atoms with Crippen molar-refractivity contribution >= 4 is 0 Å². The van der Waals surface area contributed by atoms with E-state index in [1.54, 1.807) is 0 Å². The summed E-state index contributed by atoms with van der Waals surface area (Å²) in [6.07, 6.45) is 3.49. The number of rotatable bonds is 3. The van der Waals surface area contributed by atoms with Gasteiger partial charge in [-0.15, -0.1) is 0 Å². The van der Waals surface area contributed by atoms with E-state index in [2.05, 4.69) is 20.4 Å². The molecule has 0 amide bonds. The summed E-state index contributed by atoms with van der Waals surface area (Å²) in [6, 6.07) is 0. The molecule has 0 N–H and O–H groups in total. The van der Waals surface area contributed by atoms with Crippen LogP contribution in [0.25, 0.3) is 0 Å². The van der Waals surface area contributed by atoms with Gasteiger partial charge in [0.15, 0.2) is 0 Å². The Labute approximate surface area is 81.5 Å². The minimum absolute atomic E-state index is 0.644.